The molecule has 0 unspecified atom stereocenters. The largest absolute Gasteiger partial charge is 0.463 e. The molecule has 1 heterocycles. The molecule has 21 heavy (non-hydrogen) atoms. The number of Topliss-reactive ketones (excluding diaryl/α,β-unsaturated/α-hetero) is 1. The summed E-state index contributed by atoms with van der Waals surface area (Å²) in [4.78, 5) is 36.7. The summed E-state index contributed by atoms with van der Waals surface area (Å²) in [6.45, 7) is 5.93. The van der Waals surface area contributed by atoms with Crippen molar-refractivity contribution in [2.24, 2.45) is 0 Å². The zero-order valence-electron chi connectivity index (χ0n) is 12.3. The summed E-state index contributed by atoms with van der Waals surface area (Å²) >= 11 is 0. The van der Waals surface area contributed by atoms with Crippen molar-refractivity contribution in [1.29, 1.82) is 0 Å². The molecule has 1 aliphatic heterocycles. The molecule has 0 aliphatic carbocycles. The highest BCUT2D eigenvalue weighted by Gasteiger charge is 2.36. The number of anilines is 1. The lowest BCUT2D eigenvalue weighted by Crippen LogP contribution is -2.30. The highest BCUT2D eigenvalue weighted by atomic mass is 16.5. The number of carbonyl (C=O) groups excluding carboxylic acids is 3. The predicted molar refractivity (Wildman–Crippen MR) is 78.4 cm³/mol. The van der Waals surface area contributed by atoms with Gasteiger partial charge in [0.1, 0.15) is 0 Å². The number of nitrogens with zero attached hydrogens (tertiary/aromatic N) is 1. The minimum Gasteiger partial charge on any atom is -0.463 e. The minimum atomic E-state index is -0.563. The van der Waals surface area contributed by atoms with Gasteiger partial charge in [0.15, 0.2) is 0 Å². The van der Waals surface area contributed by atoms with E-state index in [-0.39, 0.29) is 6.54 Å². The molecule has 0 radical (unpaired) electrons. The summed E-state index contributed by atoms with van der Waals surface area (Å²) in [6.07, 6.45) is 2.79. The van der Waals surface area contributed by atoms with Crippen LogP contribution in [0.1, 0.15) is 28.4 Å². The van der Waals surface area contributed by atoms with E-state index in [1.807, 2.05) is 19.9 Å². The van der Waals surface area contributed by atoms with E-state index in [9.17, 15) is 14.4 Å². The van der Waals surface area contributed by atoms with Gasteiger partial charge in [0.25, 0.3) is 11.7 Å². The SMILES string of the molecule is CCOC(=O)/C=C/CN1C(=O)C(=O)c2cc(C)cc(C)c21. The Morgan fingerprint density at radius 3 is 2.67 bits per heavy atom. The number of amides is 1. The molecule has 0 bridgehead atoms. The number of aryl methyl sites for hydroxylation is 2. The number of hydrogen-bond acceptors (Lipinski definition) is 4. The lowest BCUT2D eigenvalue weighted by Gasteiger charge is -2.16. The maximum atomic E-state index is 12.1. The van der Waals surface area contributed by atoms with Crippen molar-refractivity contribution in [1.82, 2.24) is 0 Å². The molecular weight excluding hydrogens is 270 g/mol. The monoisotopic (exact) mass is 287 g/mol. The molecule has 2 rings (SSSR count). The molecule has 0 saturated heterocycles. The summed E-state index contributed by atoms with van der Waals surface area (Å²) in [5, 5.41) is 0. The average Bonchev–Trinajstić information content (AvgIpc) is 2.64. The smallest absolute Gasteiger partial charge is 0.330 e. The van der Waals surface area contributed by atoms with Crippen molar-refractivity contribution in [2.45, 2.75) is 20.8 Å². The third-order valence-electron chi connectivity index (χ3n) is 3.23. The maximum Gasteiger partial charge on any atom is 0.330 e. The fourth-order valence-electron chi connectivity index (χ4n) is 2.45. The predicted octanol–water partition coefficient (Wildman–Crippen LogP) is 1.95. The van der Waals surface area contributed by atoms with Crippen LogP contribution in [0.3, 0.4) is 0 Å². The number of rotatable bonds is 4. The first-order chi connectivity index (χ1) is 9.95. The Morgan fingerprint density at radius 2 is 2.00 bits per heavy atom. The molecule has 0 saturated carbocycles. The number of esters is 1. The second-order valence-corrected chi connectivity index (χ2v) is 4.88. The zero-order chi connectivity index (χ0) is 15.6. The standard InChI is InChI=1S/C16H17NO4/c1-4-21-13(18)6-5-7-17-14-11(3)8-10(2)9-12(14)15(19)16(17)20/h5-6,8-9H,4,7H2,1-3H3/b6-5+. The summed E-state index contributed by atoms with van der Waals surface area (Å²) < 4.78 is 4.77. The molecule has 0 spiro atoms. The molecule has 110 valence electrons. The second kappa shape index (κ2) is 5.91. The Balaban J connectivity index is 2.25. The molecule has 1 aliphatic rings. The summed E-state index contributed by atoms with van der Waals surface area (Å²) in [7, 11) is 0. The summed E-state index contributed by atoms with van der Waals surface area (Å²) in [5.74, 6) is -1.52. The molecule has 5 heteroatoms. The van der Waals surface area contributed by atoms with Gasteiger partial charge in [-0.2, -0.15) is 0 Å². The van der Waals surface area contributed by atoms with E-state index in [0.717, 1.165) is 11.1 Å². The number of carbonyl (C=O) groups is 3. The average molecular weight is 287 g/mol. The van der Waals surface area contributed by atoms with Crippen LogP contribution in [-0.2, 0) is 14.3 Å². The summed E-state index contributed by atoms with van der Waals surface area (Å²) in [6, 6.07) is 3.64. The molecule has 0 fully saturated rings. The van der Waals surface area contributed by atoms with Crippen LogP contribution in [0.15, 0.2) is 24.3 Å². The highest BCUT2D eigenvalue weighted by molar-refractivity contribution is 6.52. The molecule has 0 N–H and O–H groups in total. The Labute approximate surface area is 123 Å². The van der Waals surface area contributed by atoms with Crippen LogP contribution in [0.4, 0.5) is 5.69 Å². The van der Waals surface area contributed by atoms with Gasteiger partial charge in [-0.15, -0.1) is 0 Å². The van der Waals surface area contributed by atoms with E-state index in [1.54, 1.807) is 13.0 Å². The maximum absolute atomic E-state index is 12.1. The van der Waals surface area contributed by atoms with Crippen molar-refractivity contribution < 1.29 is 19.1 Å². The molecule has 1 aromatic rings. The van der Waals surface area contributed by atoms with E-state index in [0.29, 0.717) is 17.9 Å². The van der Waals surface area contributed by atoms with Gasteiger partial charge in [-0.05, 0) is 38.0 Å². The van der Waals surface area contributed by atoms with Crippen molar-refractivity contribution in [3.63, 3.8) is 0 Å². The summed E-state index contributed by atoms with van der Waals surface area (Å²) in [5.41, 5.74) is 2.87. The van der Waals surface area contributed by atoms with Crippen LogP contribution < -0.4 is 4.90 Å². The topological polar surface area (TPSA) is 63.7 Å². The van der Waals surface area contributed by atoms with Gasteiger partial charge in [0.05, 0.1) is 17.9 Å². The molecule has 5 nitrogen and oxygen atoms in total. The van der Waals surface area contributed by atoms with Crippen molar-refractivity contribution in [3.8, 4) is 0 Å². The molecule has 0 aromatic heterocycles. The van der Waals surface area contributed by atoms with E-state index in [4.69, 9.17) is 4.74 Å². The highest BCUT2D eigenvalue weighted by Crippen LogP contribution is 2.33. The lowest BCUT2D eigenvalue weighted by atomic mass is 10.0. The van der Waals surface area contributed by atoms with Gasteiger partial charge in [-0.1, -0.05) is 12.1 Å². The van der Waals surface area contributed by atoms with Gasteiger partial charge in [0.2, 0.25) is 0 Å². The Kier molecular flexibility index (Phi) is 4.21. The number of fused-ring (bicyclic) bond motifs is 1. The number of hydrogen-bond donors (Lipinski definition) is 0. The quantitative estimate of drug-likeness (QED) is 0.482. The van der Waals surface area contributed by atoms with Crippen molar-refractivity contribution in [2.75, 3.05) is 18.1 Å². The van der Waals surface area contributed by atoms with E-state index in [1.165, 1.54) is 17.1 Å². The van der Waals surface area contributed by atoms with E-state index >= 15 is 0 Å². The van der Waals surface area contributed by atoms with Crippen molar-refractivity contribution in [3.05, 3.63) is 41.0 Å². The third kappa shape index (κ3) is 2.86. The number of benzene rings is 1. The Morgan fingerprint density at radius 1 is 1.29 bits per heavy atom. The molecular formula is C16H17NO4. The van der Waals surface area contributed by atoms with Crippen LogP contribution >= 0.6 is 0 Å². The third-order valence-corrected chi connectivity index (χ3v) is 3.23. The Hall–Kier alpha value is -2.43. The first-order valence-corrected chi connectivity index (χ1v) is 6.76. The van der Waals surface area contributed by atoms with Crippen LogP contribution in [0, 0.1) is 13.8 Å². The van der Waals surface area contributed by atoms with Crippen LogP contribution in [0.5, 0.6) is 0 Å². The zero-order valence-corrected chi connectivity index (χ0v) is 12.3. The first kappa shape index (κ1) is 15.0. The molecule has 1 amide bonds. The van der Waals surface area contributed by atoms with Crippen LogP contribution in [0.25, 0.3) is 0 Å². The van der Waals surface area contributed by atoms with Gasteiger partial charge in [-0.25, -0.2) is 4.79 Å². The van der Waals surface area contributed by atoms with Gasteiger partial charge >= 0.3 is 5.97 Å². The first-order valence-electron chi connectivity index (χ1n) is 6.76. The van der Waals surface area contributed by atoms with E-state index < -0.39 is 17.7 Å². The van der Waals surface area contributed by atoms with Gasteiger partial charge < -0.3 is 9.64 Å². The second-order valence-electron chi connectivity index (χ2n) is 4.88. The fraction of sp³-hybridized carbons (Fsp3) is 0.312. The van der Waals surface area contributed by atoms with E-state index in [2.05, 4.69) is 0 Å². The Bertz CT molecular complexity index is 646. The van der Waals surface area contributed by atoms with Gasteiger partial charge in [0, 0.05) is 12.6 Å². The van der Waals surface area contributed by atoms with Crippen LogP contribution in [0.2, 0.25) is 0 Å². The van der Waals surface area contributed by atoms with Crippen molar-refractivity contribution >= 4 is 23.3 Å². The lowest BCUT2D eigenvalue weighted by molar-refractivity contribution is -0.137. The number of ether oxygens (including phenoxy) is 1. The molecule has 1 aromatic carbocycles. The van der Waals surface area contributed by atoms with Crippen LogP contribution in [-0.4, -0.2) is 30.8 Å². The normalized spacial score (nSPS) is 14.0. The fourth-order valence-corrected chi connectivity index (χ4v) is 2.45. The van der Waals surface area contributed by atoms with Gasteiger partial charge in [-0.3, -0.25) is 9.59 Å². The number of ketones is 1. The minimum absolute atomic E-state index is 0.167. The molecule has 0 atom stereocenters.